The van der Waals surface area contributed by atoms with E-state index >= 15 is 0 Å². The summed E-state index contributed by atoms with van der Waals surface area (Å²) in [7, 11) is 1.52. The van der Waals surface area contributed by atoms with E-state index in [1.807, 2.05) is 11.6 Å². The van der Waals surface area contributed by atoms with E-state index in [0.29, 0.717) is 56.0 Å². The van der Waals surface area contributed by atoms with Crippen molar-refractivity contribution in [1.29, 1.82) is 0 Å². The molecule has 1 aliphatic rings. The number of esters is 1. The van der Waals surface area contributed by atoms with Gasteiger partial charge in [-0.15, -0.1) is 0 Å². The molecular weight excluding hydrogens is 398 g/mol. The molecule has 1 amide bonds. The van der Waals surface area contributed by atoms with Crippen LogP contribution < -0.4 is 10.1 Å². The second-order valence-corrected chi connectivity index (χ2v) is 7.36. The first kappa shape index (κ1) is 22.8. The van der Waals surface area contributed by atoms with Crippen molar-refractivity contribution in [3.05, 3.63) is 46.8 Å². The maximum atomic E-state index is 12.8. The number of hydrogen-bond donors (Lipinski definition) is 1. The number of methoxy groups -OCH3 is 1. The van der Waals surface area contributed by atoms with E-state index in [1.165, 1.54) is 7.11 Å². The number of amides is 1. The maximum Gasteiger partial charge on any atom is 0.341 e. The van der Waals surface area contributed by atoms with E-state index in [4.69, 9.17) is 14.2 Å². The molecule has 0 aliphatic carbocycles. The number of benzene rings is 1. The van der Waals surface area contributed by atoms with Crippen LogP contribution in [0, 0.1) is 0 Å². The molecule has 0 spiro atoms. The molecule has 0 saturated carbocycles. The lowest BCUT2D eigenvalue weighted by molar-refractivity contribution is 0.0491. The Labute approximate surface area is 182 Å². The molecular formula is C23H31N3O5. The third kappa shape index (κ3) is 5.85. The van der Waals surface area contributed by atoms with Gasteiger partial charge < -0.3 is 19.5 Å². The first-order valence-electron chi connectivity index (χ1n) is 10.9. The number of aromatic nitrogens is 2. The quantitative estimate of drug-likeness (QED) is 0.538. The van der Waals surface area contributed by atoms with Gasteiger partial charge in [0.15, 0.2) is 0 Å². The third-order valence-corrected chi connectivity index (χ3v) is 5.22. The van der Waals surface area contributed by atoms with Crippen molar-refractivity contribution in [1.82, 2.24) is 15.1 Å². The van der Waals surface area contributed by atoms with Crippen LogP contribution >= 0.6 is 0 Å². The highest BCUT2D eigenvalue weighted by molar-refractivity contribution is 5.96. The fourth-order valence-corrected chi connectivity index (χ4v) is 3.68. The van der Waals surface area contributed by atoms with Crippen LogP contribution in [0.4, 0.5) is 0 Å². The smallest absolute Gasteiger partial charge is 0.341 e. The van der Waals surface area contributed by atoms with Gasteiger partial charge in [0.25, 0.3) is 5.91 Å². The average Bonchev–Trinajstić information content (AvgIpc) is 3.13. The van der Waals surface area contributed by atoms with Gasteiger partial charge in [0, 0.05) is 32.7 Å². The number of nitrogens with zero attached hydrogens (tertiary/aromatic N) is 2. The Morgan fingerprint density at radius 1 is 1.26 bits per heavy atom. The van der Waals surface area contributed by atoms with Crippen LogP contribution in [0.1, 0.15) is 58.3 Å². The van der Waals surface area contributed by atoms with E-state index in [0.717, 1.165) is 30.7 Å². The third-order valence-electron chi connectivity index (χ3n) is 5.22. The van der Waals surface area contributed by atoms with Gasteiger partial charge >= 0.3 is 5.97 Å². The minimum Gasteiger partial charge on any atom is -0.496 e. The molecule has 168 valence electrons. The van der Waals surface area contributed by atoms with Crippen molar-refractivity contribution in [3.63, 3.8) is 0 Å². The number of hydrogen-bond acceptors (Lipinski definition) is 6. The molecule has 3 rings (SSSR count). The van der Waals surface area contributed by atoms with Gasteiger partial charge in [-0.05, 0) is 37.8 Å². The van der Waals surface area contributed by atoms with Crippen molar-refractivity contribution in [2.75, 3.05) is 33.5 Å². The fourth-order valence-electron chi connectivity index (χ4n) is 3.68. The van der Waals surface area contributed by atoms with Gasteiger partial charge in [-0.25, -0.2) is 4.79 Å². The van der Waals surface area contributed by atoms with Gasteiger partial charge in [0.2, 0.25) is 0 Å². The zero-order valence-electron chi connectivity index (χ0n) is 18.3. The Morgan fingerprint density at radius 2 is 2.06 bits per heavy atom. The molecule has 1 aliphatic heterocycles. The van der Waals surface area contributed by atoms with Crippen LogP contribution in [-0.2, 0) is 28.9 Å². The number of para-hydroxylation sites is 1. The van der Waals surface area contributed by atoms with E-state index in [1.54, 1.807) is 24.3 Å². The molecule has 1 aromatic carbocycles. The minimum absolute atomic E-state index is 0.0670. The molecule has 2 aromatic rings. The summed E-state index contributed by atoms with van der Waals surface area (Å²) < 4.78 is 18.2. The molecule has 1 aromatic heterocycles. The Balaban J connectivity index is 1.66. The van der Waals surface area contributed by atoms with Crippen LogP contribution in [-0.4, -0.2) is 55.1 Å². The summed E-state index contributed by atoms with van der Waals surface area (Å²) in [4.78, 5) is 25.1. The summed E-state index contributed by atoms with van der Waals surface area (Å²) in [6.07, 6.45) is 3.63. The lowest BCUT2D eigenvalue weighted by Crippen LogP contribution is -2.26. The van der Waals surface area contributed by atoms with E-state index in [9.17, 15) is 9.59 Å². The summed E-state index contributed by atoms with van der Waals surface area (Å²) >= 11 is 0. The standard InChI is InChI=1S/C23H31N3O5/c1-3-18-21-19(10-6-14-30-15-7-12-24-22(21)27)26(25-18)13-8-16-31-23(28)17-9-4-5-11-20(17)29-2/h4-5,9,11H,3,6-8,10,12-16H2,1-2H3,(H,24,27). The van der Waals surface area contributed by atoms with Gasteiger partial charge in [0.05, 0.1) is 30.7 Å². The number of ether oxygens (including phenoxy) is 3. The van der Waals surface area contributed by atoms with Gasteiger partial charge in [-0.2, -0.15) is 5.10 Å². The van der Waals surface area contributed by atoms with Crippen molar-refractivity contribution in [2.24, 2.45) is 0 Å². The highest BCUT2D eigenvalue weighted by Gasteiger charge is 2.23. The van der Waals surface area contributed by atoms with Crippen LogP contribution in [0.5, 0.6) is 5.75 Å². The predicted molar refractivity (Wildman–Crippen MR) is 116 cm³/mol. The monoisotopic (exact) mass is 429 g/mol. The number of fused-ring (bicyclic) bond motifs is 1. The molecule has 8 nitrogen and oxygen atoms in total. The number of carbonyl (C=O) groups is 2. The maximum absolute atomic E-state index is 12.8. The number of nitrogens with one attached hydrogen (secondary N) is 1. The molecule has 0 saturated heterocycles. The summed E-state index contributed by atoms with van der Waals surface area (Å²) in [5, 5.41) is 7.67. The van der Waals surface area contributed by atoms with Crippen LogP contribution in [0.3, 0.4) is 0 Å². The Bertz CT molecular complexity index is 893. The van der Waals surface area contributed by atoms with Gasteiger partial charge in [-0.1, -0.05) is 19.1 Å². The number of aryl methyl sites for hydroxylation is 2. The highest BCUT2D eigenvalue weighted by Crippen LogP contribution is 2.20. The molecule has 1 N–H and O–H groups in total. The zero-order valence-corrected chi connectivity index (χ0v) is 18.3. The molecule has 0 atom stereocenters. The summed E-state index contributed by atoms with van der Waals surface area (Å²) in [6, 6.07) is 6.99. The number of rotatable bonds is 7. The lowest BCUT2D eigenvalue weighted by Gasteiger charge is -2.11. The Hall–Kier alpha value is -2.87. The summed E-state index contributed by atoms with van der Waals surface area (Å²) in [5.41, 5.74) is 2.83. The van der Waals surface area contributed by atoms with E-state index < -0.39 is 5.97 Å². The second kappa shape index (κ2) is 11.5. The molecule has 2 heterocycles. The molecule has 8 heteroatoms. The van der Waals surface area contributed by atoms with Gasteiger partial charge in [0.1, 0.15) is 11.3 Å². The Kier molecular flexibility index (Phi) is 8.46. The predicted octanol–water partition coefficient (Wildman–Crippen LogP) is 2.78. The average molecular weight is 430 g/mol. The summed E-state index contributed by atoms with van der Waals surface area (Å²) in [6.45, 7) is 4.73. The van der Waals surface area contributed by atoms with E-state index in [-0.39, 0.29) is 12.5 Å². The van der Waals surface area contributed by atoms with Crippen molar-refractivity contribution in [3.8, 4) is 5.75 Å². The summed E-state index contributed by atoms with van der Waals surface area (Å²) in [5.74, 6) is 0.00951. The highest BCUT2D eigenvalue weighted by atomic mass is 16.5. The SMILES string of the molecule is CCc1nn(CCCOC(=O)c2ccccc2OC)c2c1C(=O)NCCCOCCC2. The van der Waals surface area contributed by atoms with Crippen LogP contribution in [0.15, 0.2) is 24.3 Å². The zero-order chi connectivity index (χ0) is 22.1. The normalized spacial score (nSPS) is 14.8. The molecule has 0 fully saturated rings. The number of carbonyl (C=O) groups excluding carboxylic acids is 2. The van der Waals surface area contributed by atoms with Crippen LogP contribution in [0.25, 0.3) is 0 Å². The molecule has 0 radical (unpaired) electrons. The first-order valence-corrected chi connectivity index (χ1v) is 10.9. The topological polar surface area (TPSA) is 91.7 Å². The van der Waals surface area contributed by atoms with Crippen molar-refractivity contribution in [2.45, 2.75) is 45.6 Å². The largest absolute Gasteiger partial charge is 0.496 e. The lowest BCUT2D eigenvalue weighted by atomic mass is 10.1. The molecule has 31 heavy (non-hydrogen) atoms. The minimum atomic E-state index is -0.414. The van der Waals surface area contributed by atoms with Gasteiger partial charge in [-0.3, -0.25) is 9.48 Å². The fraction of sp³-hybridized carbons (Fsp3) is 0.522. The molecule has 0 bridgehead atoms. The Morgan fingerprint density at radius 3 is 2.87 bits per heavy atom. The molecule has 0 unspecified atom stereocenters. The first-order chi connectivity index (χ1) is 15.2. The van der Waals surface area contributed by atoms with Crippen molar-refractivity contribution >= 4 is 11.9 Å². The second-order valence-electron chi connectivity index (χ2n) is 7.36. The van der Waals surface area contributed by atoms with Crippen molar-refractivity contribution < 1.29 is 23.8 Å². The van der Waals surface area contributed by atoms with Crippen LogP contribution in [0.2, 0.25) is 0 Å². The van der Waals surface area contributed by atoms with E-state index in [2.05, 4.69) is 10.4 Å².